The second-order valence-corrected chi connectivity index (χ2v) is 4.30. The van der Waals surface area contributed by atoms with E-state index in [1.807, 2.05) is 6.07 Å². The molecule has 0 radical (unpaired) electrons. The lowest BCUT2D eigenvalue weighted by molar-refractivity contribution is -0.384. The minimum absolute atomic E-state index is 0.00759. The van der Waals surface area contributed by atoms with Crippen LogP contribution in [0.2, 0.25) is 0 Å². The van der Waals surface area contributed by atoms with Crippen molar-refractivity contribution in [2.24, 2.45) is 0 Å². The molecule has 0 atom stereocenters. The number of nitro groups is 1. The number of aromatic nitrogens is 1. The number of rotatable bonds is 4. The molecule has 1 heterocycles. The molecule has 8 nitrogen and oxygen atoms in total. The van der Waals surface area contributed by atoms with Crippen LogP contribution in [0, 0.1) is 21.4 Å². The van der Waals surface area contributed by atoms with Crippen LogP contribution in [0.25, 0.3) is 11.3 Å². The SMILES string of the molecule is CCOC(=O)c1c(-c2ccc([N+](=O)[O-])cc2)[nH]c(N)c1C#N. The fraction of sp³-hybridized carbons (Fsp3) is 0.143. The first-order valence-electron chi connectivity index (χ1n) is 6.33. The lowest BCUT2D eigenvalue weighted by atomic mass is 10.0. The number of nitrogens with zero attached hydrogens (tertiary/aromatic N) is 2. The number of hydrogen-bond donors (Lipinski definition) is 2. The van der Waals surface area contributed by atoms with Crippen molar-refractivity contribution in [1.82, 2.24) is 4.98 Å². The summed E-state index contributed by atoms with van der Waals surface area (Å²) in [7, 11) is 0. The Morgan fingerprint density at radius 1 is 1.45 bits per heavy atom. The number of hydrogen-bond acceptors (Lipinski definition) is 6. The standard InChI is InChI=1S/C14H12N4O4/c1-2-22-14(19)11-10(7-15)13(16)17-12(11)8-3-5-9(6-4-8)18(20)21/h3-6,17H,2,16H2,1H3. The molecule has 0 aliphatic carbocycles. The van der Waals surface area contributed by atoms with Gasteiger partial charge >= 0.3 is 5.97 Å². The van der Waals surface area contributed by atoms with Gasteiger partial charge < -0.3 is 15.5 Å². The molecule has 2 aromatic rings. The highest BCUT2D eigenvalue weighted by molar-refractivity contribution is 6.01. The first-order valence-corrected chi connectivity index (χ1v) is 6.33. The lowest BCUT2D eigenvalue weighted by Crippen LogP contribution is -2.07. The van der Waals surface area contributed by atoms with E-state index in [0.29, 0.717) is 11.3 Å². The summed E-state index contributed by atoms with van der Waals surface area (Å²) in [5.74, 6) is -0.640. The van der Waals surface area contributed by atoms with E-state index in [-0.39, 0.29) is 29.2 Å². The highest BCUT2D eigenvalue weighted by Crippen LogP contribution is 2.31. The summed E-state index contributed by atoms with van der Waals surface area (Å²) in [6, 6.07) is 7.39. The number of carbonyl (C=O) groups excluding carboxylic acids is 1. The minimum Gasteiger partial charge on any atom is -0.462 e. The number of nitriles is 1. The Balaban J connectivity index is 2.57. The number of nitrogen functional groups attached to an aromatic ring is 1. The van der Waals surface area contributed by atoms with Crippen LogP contribution in [0.5, 0.6) is 0 Å². The van der Waals surface area contributed by atoms with Crippen LogP contribution in [-0.2, 0) is 4.74 Å². The zero-order valence-corrected chi connectivity index (χ0v) is 11.6. The van der Waals surface area contributed by atoms with Gasteiger partial charge in [-0.1, -0.05) is 0 Å². The van der Waals surface area contributed by atoms with Crippen LogP contribution < -0.4 is 5.73 Å². The van der Waals surface area contributed by atoms with Gasteiger partial charge in [-0.15, -0.1) is 0 Å². The smallest absolute Gasteiger partial charge is 0.341 e. The van der Waals surface area contributed by atoms with E-state index in [9.17, 15) is 14.9 Å². The predicted molar refractivity (Wildman–Crippen MR) is 78.0 cm³/mol. The summed E-state index contributed by atoms with van der Waals surface area (Å²) in [5.41, 5.74) is 6.42. The molecule has 0 bridgehead atoms. The van der Waals surface area contributed by atoms with Gasteiger partial charge in [0.05, 0.1) is 17.2 Å². The van der Waals surface area contributed by atoms with Crippen molar-refractivity contribution in [2.75, 3.05) is 12.3 Å². The highest BCUT2D eigenvalue weighted by atomic mass is 16.6. The normalized spacial score (nSPS) is 10.0. The van der Waals surface area contributed by atoms with Gasteiger partial charge in [-0.3, -0.25) is 10.1 Å². The van der Waals surface area contributed by atoms with Crippen LogP contribution in [0.1, 0.15) is 22.8 Å². The molecule has 0 aliphatic heterocycles. The van der Waals surface area contributed by atoms with Crippen LogP contribution in [-0.4, -0.2) is 22.5 Å². The molecule has 2 rings (SSSR count). The van der Waals surface area contributed by atoms with Crippen molar-refractivity contribution in [3.63, 3.8) is 0 Å². The van der Waals surface area contributed by atoms with Gasteiger partial charge in [0.15, 0.2) is 0 Å². The van der Waals surface area contributed by atoms with Gasteiger partial charge in [-0.2, -0.15) is 5.26 Å². The molecule has 0 saturated heterocycles. The second-order valence-electron chi connectivity index (χ2n) is 4.30. The number of nitrogens with one attached hydrogen (secondary N) is 1. The number of nitrogens with two attached hydrogens (primary N) is 1. The van der Waals surface area contributed by atoms with Crippen molar-refractivity contribution >= 4 is 17.5 Å². The number of benzene rings is 1. The summed E-state index contributed by atoms with van der Waals surface area (Å²) in [5, 5.41) is 19.8. The van der Waals surface area contributed by atoms with E-state index >= 15 is 0 Å². The van der Waals surface area contributed by atoms with Crippen molar-refractivity contribution in [1.29, 1.82) is 5.26 Å². The van der Waals surface area contributed by atoms with E-state index in [2.05, 4.69) is 4.98 Å². The Labute approximate surface area is 125 Å². The van der Waals surface area contributed by atoms with Gasteiger partial charge in [0.2, 0.25) is 0 Å². The Morgan fingerprint density at radius 3 is 2.59 bits per heavy atom. The van der Waals surface area contributed by atoms with Gasteiger partial charge in [0.25, 0.3) is 5.69 Å². The largest absolute Gasteiger partial charge is 0.462 e. The zero-order chi connectivity index (χ0) is 16.3. The number of anilines is 1. The van der Waals surface area contributed by atoms with Gasteiger partial charge in [0, 0.05) is 12.1 Å². The molecule has 0 unspecified atom stereocenters. The van der Waals surface area contributed by atoms with Crippen molar-refractivity contribution in [3.05, 3.63) is 45.5 Å². The molecule has 0 aliphatic rings. The molecule has 1 aromatic carbocycles. The average Bonchev–Trinajstić information content (AvgIpc) is 2.84. The van der Waals surface area contributed by atoms with Crippen molar-refractivity contribution < 1.29 is 14.5 Å². The fourth-order valence-electron chi connectivity index (χ4n) is 2.01. The quantitative estimate of drug-likeness (QED) is 0.505. The van der Waals surface area contributed by atoms with Crippen LogP contribution >= 0.6 is 0 Å². The maximum atomic E-state index is 12.0. The topological polar surface area (TPSA) is 135 Å². The van der Waals surface area contributed by atoms with Gasteiger partial charge in [0.1, 0.15) is 23.0 Å². The Bertz CT molecular complexity index is 771. The number of esters is 1. The molecule has 0 spiro atoms. The lowest BCUT2D eigenvalue weighted by Gasteiger charge is -2.04. The third-order valence-corrected chi connectivity index (χ3v) is 2.99. The average molecular weight is 300 g/mol. The van der Waals surface area contributed by atoms with Crippen LogP contribution in [0.4, 0.5) is 11.5 Å². The fourth-order valence-corrected chi connectivity index (χ4v) is 2.01. The first-order chi connectivity index (χ1) is 10.5. The zero-order valence-electron chi connectivity index (χ0n) is 11.6. The van der Waals surface area contributed by atoms with E-state index in [1.54, 1.807) is 6.92 Å². The first kappa shape index (κ1) is 15.1. The monoisotopic (exact) mass is 300 g/mol. The van der Waals surface area contributed by atoms with Crippen molar-refractivity contribution in [3.8, 4) is 17.3 Å². The Hall–Kier alpha value is -3.34. The third-order valence-electron chi connectivity index (χ3n) is 2.99. The second kappa shape index (κ2) is 5.97. The number of carbonyl (C=O) groups is 1. The Morgan fingerprint density at radius 2 is 2.09 bits per heavy atom. The molecule has 22 heavy (non-hydrogen) atoms. The third kappa shape index (κ3) is 2.60. The summed E-state index contributed by atoms with van der Waals surface area (Å²) in [6.45, 7) is 1.79. The number of nitro benzene ring substituents is 1. The van der Waals surface area contributed by atoms with E-state index in [1.165, 1.54) is 24.3 Å². The van der Waals surface area contributed by atoms with E-state index in [0.717, 1.165) is 0 Å². The summed E-state index contributed by atoms with van der Waals surface area (Å²) < 4.78 is 4.93. The van der Waals surface area contributed by atoms with E-state index in [4.69, 9.17) is 15.7 Å². The van der Waals surface area contributed by atoms with Crippen molar-refractivity contribution in [2.45, 2.75) is 6.92 Å². The molecule has 0 fully saturated rings. The molecule has 3 N–H and O–H groups in total. The number of aromatic amines is 1. The molecule has 1 aromatic heterocycles. The Kier molecular flexibility index (Phi) is 4.08. The number of non-ortho nitro benzene ring substituents is 1. The minimum atomic E-state index is -0.680. The molecular formula is C14H12N4O4. The summed E-state index contributed by atoms with van der Waals surface area (Å²) >= 11 is 0. The molecule has 0 amide bonds. The van der Waals surface area contributed by atoms with Crippen LogP contribution in [0.15, 0.2) is 24.3 Å². The molecule has 112 valence electrons. The van der Waals surface area contributed by atoms with Gasteiger partial charge in [-0.05, 0) is 24.6 Å². The summed E-state index contributed by atoms with van der Waals surface area (Å²) in [4.78, 5) is 24.9. The van der Waals surface area contributed by atoms with E-state index < -0.39 is 10.9 Å². The van der Waals surface area contributed by atoms with Gasteiger partial charge in [-0.25, -0.2) is 4.79 Å². The number of H-pyrrole nitrogens is 1. The van der Waals surface area contributed by atoms with Crippen LogP contribution in [0.3, 0.4) is 0 Å². The number of ether oxygens (including phenoxy) is 1. The highest BCUT2D eigenvalue weighted by Gasteiger charge is 2.24. The molecule has 0 saturated carbocycles. The molecular weight excluding hydrogens is 288 g/mol. The molecule has 8 heteroatoms. The maximum absolute atomic E-state index is 12.0. The predicted octanol–water partition coefficient (Wildman–Crippen LogP) is 2.22. The summed E-state index contributed by atoms with van der Waals surface area (Å²) in [6.07, 6.45) is 0. The maximum Gasteiger partial charge on any atom is 0.341 e.